The predicted molar refractivity (Wildman–Crippen MR) is 107 cm³/mol. The van der Waals surface area contributed by atoms with Gasteiger partial charge < -0.3 is 4.74 Å². The second kappa shape index (κ2) is 8.34. The lowest BCUT2D eigenvalue weighted by molar-refractivity contribution is 0.102. The third-order valence-electron chi connectivity index (χ3n) is 3.59. The summed E-state index contributed by atoms with van der Waals surface area (Å²) in [5, 5.41) is 4.13. The Morgan fingerprint density at radius 3 is 2.69 bits per heavy atom. The van der Waals surface area contributed by atoms with Gasteiger partial charge in [0.15, 0.2) is 5.13 Å². The summed E-state index contributed by atoms with van der Waals surface area (Å²) in [6.07, 6.45) is 2.44. The lowest BCUT2D eigenvalue weighted by atomic mass is 10.1. The van der Waals surface area contributed by atoms with Gasteiger partial charge >= 0.3 is 0 Å². The molecule has 1 N–H and O–H groups in total. The molecule has 0 radical (unpaired) electrons. The number of rotatable bonds is 6. The number of para-hydroxylation sites is 1. The molecule has 0 aliphatic rings. The molecule has 0 aliphatic heterocycles. The summed E-state index contributed by atoms with van der Waals surface area (Å²) in [5.74, 6) is 0.327. The Morgan fingerprint density at radius 2 is 1.92 bits per heavy atom. The first-order valence-corrected chi connectivity index (χ1v) is 9.47. The zero-order valence-corrected chi connectivity index (χ0v) is 16.1. The molecule has 0 atom stereocenters. The zero-order chi connectivity index (χ0) is 18.5. The number of carbonyl (C=O) groups excluding carboxylic acids is 1. The monoisotopic (exact) mass is 386 g/mol. The average Bonchev–Trinajstić information content (AvgIpc) is 3.04. The Morgan fingerprint density at radius 1 is 1.19 bits per heavy atom. The minimum absolute atomic E-state index is 0.00830. The average molecular weight is 387 g/mol. The molecule has 1 heterocycles. The van der Waals surface area contributed by atoms with E-state index in [0.717, 1.165) is 15.5 Å². The van der Waals surface area contributed by atoms with Crippen molar-refractivity contribution in [3.05, 3.63) is 75.8 Å². The quantitative estimate of drug-likeness (QED) is 0.614. The first-order valence-electron chi connectivity index (χ1n) is 8.28. The van der Waals surface area contributed by atoms with E-state index in [-0.39, 0.29) is 12.0 Å². The first kappa shape index (κ1) is 18.4. The largest absolute Gasteiger partial charge is 0.490 e. The molecule has 0 bridgehead atoms. The van der Waals surface area contributed by atoms with Gasteiger partial charge in [-0.2, -0.15) is 0 Å². The van der Waals surface area contributed by atoms with Gasteiger partial charge in [-0.15, -0.1) is 11.3 Å². The molecule has 0 aliphatic carbocycles. The normalized spacial score (nSPS) is 10.8. The van der Waals surface area contributed by atoms with E-state index in [1.807, 2.05) is 50.2 Å². The molecule has 4 nitrogen and oxygen atoms in total. The molecular formula is C20H19ClN2O2S. The summed E-state index contributed by atoms with van der Waals surface area (Å²) in [5.41, 5.74) is 1.52. The van der Waals surface area contributed by atoms with Gasteiger partial charge in [0.05, 0.1) is 11.7 Å². The van der Waals surface area contributed by atoms with E-state index >= 15 is 0 Å². The SMILES string of the molecule is CC(C)Oc1ccccc1C(=O)Nc1ncc(Cc2ccccc2Cl)s1. The van der Waals surface area contributed by atoms with Crippen molar-refractivity contribution < 1.29 is 9.53 Å². The van der Waals surface area contributed by atoms with Gasteiger partial charge in [-0.05, 0) is 37.6 Å². The summed E-state index contributed by atoms with van der Waals surface area (Å²) in [6.45, 7) is 3.85. The minimum Gasteiger partial charge on any atom is -0.490 e. The number of halogens is 1. The number of hydrogen-bond acceptors (Lipinski definition) is 4. The van der Waals surface area contributed by atoms with Gasteiger partial charge in [-0.25, -0.2) is 4.98 Å². The highest BCUT2D eigenvalue weighted by Gasteiger charge is 2.15. The van der Waals surface area contributed by atoms with E-state index in [9.17, 15) is 4.79 Å². The lowest BCUT2D eigenvalue weighted by Gasteiger charge is -2.13. The van der Waals surface area contributed by atoms with Crippen LogP contribution in [0.25, 0.3) is 0 Å². The van der Waals surface area contributed by atoms with E-state index in [2.05, 4.69) is 10.3 Å². The van der Waals surface area contributed by atoms with E-state index in [1.54, 1.807) is 18.3 Å². The standard InChI is InChI=1S/C20H19ClN2O2S/c1-13(2)25-18-10-6-4-8-16(18)19(24)23-20-22-12-15(26-20)11-14-7-3-5-9-17(14)21/h3-10,12-13H,11H2,1-2H3,(H,22,23,24). The van der Waals surface area contributed by atoms with Crippen molar-refractivity contribution >= 4 is 34.0 Å². The number of aromatic nitrogens is 1. The highest BCUT2D eigenvalue weighted by molar-refractivity contribution is 7.15. The molecule has 0 saturated heterocycles. The summed E-state index contributed by atoms with van der Waals surface area (Å²) >= 11 is 7.64. The Balaban J connectivity index is 1.71. The highest BCUT2D eigenvalue weighted by atomic mass is 35.5. The van der Waals surface area contributed by atoms with Gasteiger partial charge in [0.25, 0.3) is 5.91 Å². The number of anilines is 1. The molecule has 0 saturated carbocycles. The van der Waals surface area contributed by atoms with Crippen LogP contribution in [-0.2, 0) is 6.42 Å². The van der Waals surface area contributed by atoms with Crippen LogP contribution in [0.4, 0.5) is 5.13 Å². The van der Waals surface area contributed by atoms with Gasteiger partial charge in [0, 0.05) is 22.5 Å². The zero-order valence-electron chi connectivity index (χ0n) is 14.5. The van der Waals surface area contributed by atoms with E-state index in [1.165, 1.54) is 11.3 Å². The fraction of sp³-hybridized carbons (Fsp3) is 0.200. The summed E-state index contributed by atoms with van der Waals surface area (Å²) in [4.78, 5) is 17.9. The van der Waals surface area contributed by atoms with Crippen LogP contribution in [0.2, 0.25) is 5.02 Å². The van der Waals surface area contributed by atoms with Crippen molar-refractivity contribution in [3.63, 3.8) is 0 Å². The molecular weight excluding hydrogens is 368 g/mol. The van der Waals surface area contributed by atoms with E-state index < -0.39 is 0 Å². The molecule has 6 heteroatoms. The number of amides is 1. The third kappa shape index (κ3) is 4.62. The number of nitrogens with zero attached hydrogens (tertiary/aromatic N) is 1. The Bertz CT molecular complexity index is 908. The Kier molecular flexibility index (Phi) is 5.91. The van der Waals surface area contributed by atoms with Crippen LogP contribution in [-0.4, -0.2) is 17.0 Å². The van der Waals surface area contributed by atoms with Crippen LogP contribution in [0.1, 0.15) is 34.6 Å². The molecule has 0 unspecified atom stereocenters. The molecule has 2 aromatic carbocycles. The van der Waals surface area contributed by atoms with Crippen molar-refractivity contribution in [2.24, 2.45) is 0 Å². The maximum absolute atomic E-state index is 12.6. The topological polar surface area (TPSA) is 51.2 Å². The molecule has 134 valence electrons. The smallest absolute Gasteiger partial charge is 0.261 e. The van der Waals surface area contributed by atoms with Crippen LogP contribution in [0, 0.1) is 0 Å². The molecule has 0 fully saturated rings. The van der Waals surface area contributed by atoms with Crippen LogP contribution in [0.3, 0.4) is 0 Å². The van der Waals surface area contributed by atoms with E-state index in [4.69, 9.17) is 16.3 Å². The molecule has 26 heavy (non-hydrogen) atoms. The fourth-order valence-corrected chi connectivity index (χ4v) is 3.48. The van der Waals surface area contributed by atoms with Crippen molar-refractivity contribution in [1.29, 1.82) is 0 Å². The van der Waals surface area contributed by atoms with Gasteiger partial charge in [-0.3, -0.25) is 10.1 Å². The summed E-state index contributed by atoms with van der Waals surface area (Å²) in [6, 6.07) is 14.9. The van der Waals surface area contributed by atoms with E-state index in [0.29, 0.717) is 22.9 Å². The number of ether oxygens (including phenoxy) is 1. The molecule has 3 aromatic rings. The lowest BCUT2D eigenvalue weighted by Crippen LogP contribution is -2.15. The van der Waals surface area contributed by atoms with Crippen molar-refractivity contribution in [1.82, 2.24) is 4.98 Å². The number of thiazole rings is 1. The summed E-state index contributed by atoms with van der Waals surface area (Å²) in [7, 11) is 0. The molecule has 3 rings (SSSR count). The number of hydrogen-bond donors (Lipinski definition) is 1. The van der Waals surface area contributed by atoms with Crippen molar-refractivity contribution in [3.8, 4) is 5.75 Å². The fourth-order valence-electron chi connectivity index (χ4n) is 2.45. The Labute approximate surface area is 161 Å². The molecule has 1 aromatic heterocycles. The maximum atomic E-state index is 12.6. The highest BCUT2D eigenvalue weighted by Crippen LogP contribution is 2.26. The molecule has 1 amide bonds. The Hall–Kier alpha value is -2.37. The van der Waals surface area contributed by atoms with Gasteiger partial charge in [0.2, 0.25) is 0 Å². The van der Waals surface area contributed by atoms with Gasteiger partial charge in [-0.1, -0.05) is 41.9 Å². The number of nitrogens with one attached hydrogen (secondary N) is 1. The van der Waals surface area contributed by atoms with Crippen LogP contribution < -0.4 is 10.1 Å². The molecule has 0 spiro atoms. The third-order valence-corrected chi connectivity index (χ3v) is 4.87. The maximum Gasteiger partial charge on any atom is 0.261 e. The number of carbonyl (C=O) groups is 1. The van der Waals surface area contributed by atoms with Gasteiger partial charge in [0.1, 0.15) is 5.75 Å². The van der Waals surface area contributed by atoms with Crippen LogP contribution in [0.15, 0.2) is 54.7 Å². The summed E-state index contributed by atoms with van der Waals surface area (Å²) < 4.78 is 5.71. The first-order chi connectivity index (χ1) is 12.5. The predicted octanol–water partition coefficient (Wildman–Crippen LogP) is 5.43. The minimum atomic E-state index is -0.236. The number of benzene rings is 2. The van der Waals surface area contributed by atoms with Crippen molar-refractivity contribution in [2.45, 2.75) is 26.4 Å². The second-order valence-electron chi connectivity index (χ2n) is 6.02. The van der Waals surface area contributed by atoms with Crippen molar-refractivity contribution in [2.75, 3.05) is 5.32 Å². The second-order valence-corrected chi connectivity index (χ2v) is 7.54. The van der Waals surface area contributed by atoms with Crippen LogP contribution in [0.5, 0.6) is 5.75 Å². The van der Waals surface area contributed by atoms with Crippen LogP contribution >= 0.6 is 22.9 Å².